The van der Waals surface area contributed by atoms with E-state index in [1.54, 1.807) is 23.6 Å². The first-order valence-electron chi connectivity index (χ1n) is 11.1. The summed E-state index contributed by atoms with van der Waals surface area (Å²) in [5, 5.41) is 4.75. The molecule has 0 saturated carbocycles. The van der Waals surface area contributed by atoms with Crippen LogP contribution in [-0.4, -0.2) is 71.1 Å². The number of hydrogen-bond donors (Lipinski definition) is 0. The molecule has 0 amide bonds. The molecule has 0 aliphatic carbocycles. The van der Waals surface area contributed by atoms with Gasteiger partial charge in [0.2, 0.25) is 10.0 Å². The average Bonchev–Trinajstić information content (AvgIpc) is 3.27. The molecule has 12 heteroatoms. The van der Waals surface area contributed by atoms with E-state index in [-0.39, 0.29) is 17.3 Å². The van der Waals surface area contributed by atoms with Crippen molar-refractivity contribution >= 4 is 39.2 Å². The molecule has 10 nitrogen and oxygen atoms in total. The quantitative estimate of drug-likeness (QED) is 0.449. The Labute approximate surface area is 203 Å². The summed E-state index contributed by atoms with van der Waals surface area (Å²) >= 11 is 6.16. The molecule has 3 heterocycles. The second-order valence-electron chi connectivity index (χ2n) is 8.08. The standard InChI is InChI=1S/C22H27ClN6O4S/c1-4-33-20(30)8-7-18-16(3)26-22-24-14-25-29(22)21(18)27-9-11-28(12-10-27)34(31,32)17-6-5-15(2)19(23)13-17/h5-6,13-14H,4,7-12H2,1-3H3. The first-order chi connectivity index (χ1) is 16.2. The van der Waals surface area contributed by atoms with E-state index >= 15 is 0 Å². The molecule has 2 aromatic heterocycles. The molecule has 0 bridgehead atoms. The Hall–Kier alpha value is -2.76. The Bertz CT molecular complexity index is 1320. The van der Waals surface area contributed by atoms with Gasteiger partial charge in [-0.25, -0.2) is 13.4 Å². The van der Waals surface area contributed by atoms with Crippen molar-refractivity contribution in [1.29, 1.82) is 0 Å². The minimum absolute atomic E-state index is 0.185. The lowest BCUT2D eigenvalue weighted by Gasteiger charge is -2.36. The van der Waals surface area contributed by atoms with Crippen molar-refractivity contribution in [3.63, 3.8) is 0 Å². The third kappa shape index (κ3) is 4.73. The molecule has 0 atom stereocenters. The molecule has 0 N–H and O–H groups in total. The predicted molar refractivity (Wildman–Crippen MR) is 128 cm³/mol. The third-order valence-electron chi connectivity index (χ3n) is 5.91. The maximum atomic E-state index is 13.2. The number of halogens is 1. The van der Waals surface area contributed by atoms with Crippen LogP contribution in [0.4, 0.5) is 5.82 Å². The van der Waals surface area contributed by atoms with Crippen molar-refractivity contribution < 1.29 is 17.9 Å². The SMILES string of the molecule is CCOC(=O)CCc1c(C)nc2ncnn2c1N1CCN(S(=O)(=O)c2ccc(C)c(Cl)c2)CC1. The first kappa shape index (κ1) is 24.4. The Morgan fingerprint density at radius 1 is 1.18 bits per heavy atom. The zero-order valence-electron chi connectivity index (χ0n) is 19.4. The van der Waals surface area contributed by atoms with Gasteiger partial charge in [0.15, 0.2) is 0 Å². The number of fused-ring (bicyclic) bond motifs is 1. The molecule has 1 aliphatic heterocycles. The Kier molecular flexibility index (Phi) is 7.06. The number of carbonyl (C=O) groups excluding carboxylic acids is 1. The number of piperazine rings is 1. The van der Waals surface area contributed by atoms with E-state index in [4.69, 9.17) is 16.3 Å². The van der Waals surface area contributed by atoms with Gasteiger partial charge in [-0.05, 0) is 44.9 Å². The first-order valence-corrected chi connectivity index (χ1v) is 12.9. The van der Waals surface area contributed by atoms with E-state index in [9.17, 15) is 13.2 Å². The number of aromatic nitrogens is 4. The minimum Gasteiger partial charge on any atom is -0.466 e. The average molecular weight is 507 g/mol. The van der Waals surface area contributed by atoms with Gasteiger partial charge in [0.1, 0.15) is 12.1 Å². The summed E-state index contributed by atoms with van der Waals surface area (Å²) in [5.41, 5.74) is 2.45. The number of sulfonamides is 1. The number of hydrogen-bond acceptors (Lipinski definition) is 8. The number of esters is 1. The molecule has 1 aliphatic rings. The van der Waals surface area contributed by atoms with E-state index in [2.05, 4.69) is 20.0 Å². The Balaban J connectivity index is 1.59. The molecule has 0 unspecified atom stereocenters. The van der Waals surface area contributed by atoms with E-state index in [0.29, 0.717) is 50.0 Å². The van der Waals surface area contributed by atoms with Crippen LogP contribution < -0.4 is 4.90 Å². The lowest BCUT2D eigenvalue weighted by molar-refractivity contribution is -0.143. The number of anilines is 1. The smallest absolute Gasteiger partial charge is 0.306 e. The van der Waals surface area contributed by atoms with Crippen LogP contribution in [0.25, 0.3) is 5.78 Å². The highest BCUT2D eigenvalue weighted by atomic mass is 35.5. The van der Waals surface area contributed by atoms with Crippen LogP contribution >= 0.6 is 11.6 Å². The summed E-state index contributed by atoms with van der Waals surface area (Å²) in [4.78, 5) is 23.0. The zero-order chi connectivity index (χ0) is 24.5. The molecular weight excluding hydrogens is 480 g/mol. The van der Waals surface area contributed by atoms with E-state index in [1.165, 1.54) is 16.7 Å². The van der Waals surface area contributed by atoms with Crippen LogP contribution in [0.15, 0.2) is 29.4 Å². The highest BCUT2D eigenvalue weighted by Gasteiger charge is 2.31. The van der Waals surface area contributed by atoms with Crippen LogP contribution in [0.1, 0.15) is 30.2 Å². The molecule has 0 spiro atoms. The number of nitrogens with zero attached hydrogens (tertiary/aromatic N) is 6. The molecule has 3 aromatic rings. The van der Waals surface area contributed by atoms with Crippen molar-refractivity contribution in [1.82, 2.24) is 23.9 Å². The fourth-order valence-corrected chi connectivity index (χ4v) is 5.76. The van der Waals surface area contributed by atoms with Gasteiger partial charge < -0.3 is 9.64 Å². The molecule has 34 heavy (non-hydrogen) atoms. The highest BCUT2D eigenvalue weighted by Crippen LogP contribution is 2.28. The molecular formula is C22H27ClN6O4S. The summed E-state index contributed by atoms with van der Waals surface area (Å²) in [6.45, 7) is 7.29. The number of carbonyl (C=O) groups is 1. The van der Waals surface area contributed by atoms with Crippen LogP contribution in [0, 0.1) is 13.8 Å². The van der Waals surface area contributed by atoms with Gasteiger partial charge in [-0.3, -0.25) is 4.79 Å². The van der Waals surface area contributed by atoms with Gasteiger partial charge in [0.25, 0.3) is 5.78 Å². The molecule has 1 saturated heterocycles. The molecule has 0 radical (unpaired) electrons. The van der Waals surface area contributed by atoms with Gasteiger partial charge >= 0.3 is 5.97 Å². The minimum atomic E-state index is -3.67. The van der Waals surface area contributed by atoms with Gasteiger partial charge in [-0.15, -0.1) is 0 Å². The number of benzene rings is 1. The van der Waals surface area contributed by atoms with Gasteiger partial charge in [-0.1, -0.05) is 17.7 Å². The van der Waals surface area contributed by atoms with Crippen LogP contribution in [0.5, 0.6) is 0 Å². The third-order valence-corrected chi connectivity index (χ3v) is 8.21. The molecule has 182 valence electrons. The Morgan fingerprint density at radius 2 is 1.91 bits per heavy atom. The Morgan fingerprint density at radius 3 is 2.59 bits per heavy atom. The van der Waals surface area contributed by atoms with Crippen molar-refractivity contribution in [2.75, 3.05) is 37.7 Å². The van der Waals surface area contributed by atoms with E-state index in [1.807, 2.05) is 13.8 Å². The summed E-state index contributed by atoms with van der Waals surface area (Å²) in [6, 6.07) is 4.79. The van der Waals surface area contributed by atoms with Crippen molar-refractivity contribution in [2.24, 2.45) is 0 Å². The maximum absolute atomic E-state index is 13.2. The second kappa shape index (κ2) is 9.85. The predicted octanol–water partition coefficient (Wildman–Crippen LogP) is 2.40. The fraction of sp³-hybridized carbons (Fsp3) is 0.455. The van der Waals surface area contributed by atoms with Crippen LogP contribution in [0.2, 0.25) is 5.02 Å². The highest BCUT2D eigenvalue weighted by molar-refractivity contribution is 7.89. The number of rotatable bonds is 7. The lowest BCUT2D eigenvalue weighted by atomic mass is 10.1. The summed E-state index contributed by atoms with van der Waals surface area (Å²) in [6.07, 6.45) is 2.08. The van der Waals surface area contributed by atoms with Crippen LogP contribution in [0.3, 0.4) is 0 Å². The molecule has 4 rings (SSSR count). The van der Waals surface area contributed by atoms with Crippen molar-refractivity contribution in [2.45, 2.75) is 38.5 Å². The fourth-order valence-electron chi connectivity index (χ4n) is 4.07. The van der Waals surface area contributed by atoms with Gasteiger partial charge in [0.05, 0.1) is 11.5 Å². The lowest BCUT2D eigenvalue weighted by Crippen LogP contribution is -2.49. The summed E-state index contributed by atoms with van der Waals surface area (Å²) in [5.74, 6) is 0.954. The van der Waals surface area contributed by atoms with E-state index < -0.39 is 10.0 Å². The van der Waals surface area contributed by atoms with Gasteiger partial charge in [0, 0.05) is 48.9 Å². The molecule has 1 aromatic carbocycles. The monoisotopic (exact) mass is 506 g/mol. The number of ether oxygens (including phenoxy) is 1. The van der Waals surface area contributed by atoms with Crippen molar-refractivity contribution in [3.8, 4) is 0 Å². The maximum Gasteiger partial charge on any atom is 0.306 e. The normalized spacial score (nSPS) is 15.1. The summed E-state index contributed by atoms with van der Waals surface area (Å²) < 4.78 is 34.6. The second-order valence-corrected chi connectivity index (χ2v) is 10.4. The topological polar surface area (TPSA) is 110 Å². The number of aryl methyl sites for hydroxylation is 2. The zero-order valence-corrected chi connectivity index (χ0v) is 20.9. The van der Waals surface area contributed by atoms with E-state index in [0.717, 1.165) is 22.6 Å². The van der Waals surface area contributed by atoms with Gasteiger partial charge in [-0.2, -0.15) is 18.9 Å². The largest absolute Gasteiger partial charge is 0.466 e. The van der Waals surface area contributed by atoms with Crippen LogP contribution in [-0.2, 0) is 26.0 Å². The van der Waals surface area contributed by atoms with Crippen molar-refractivity contribution in [3.05, 3.63) is 46.4 Å². The summed E-state index contributed by atoms with van der Waals surface area (Å²) in [7, 11) is -3.67. The molecule has 1 fully saturated rings.